The molecule has 0 spiro atoms. The van der Waals surface area contributed by atoms with Crippen molar-refractivity contribution in [2.24, 2.45) is 0 Å². The first kappa shape index (κ1) is 13.3. The number of nitrogens with zero attached hydrogens (tertiary/aromatic N) is 1. The van der Waals surface area contributed by atoms with E-state index in [1.165, 1.54) is 0 Å². The Morgan fingerprint density at radius 3 is 2.44 bits per heavy atom. The Morgan fingerprint density at radius 1 is 1.17 bits per heavy atom. The number of rotatable bonds is 2. The molecule has 0 unspecified atom stereocenters. The van der Waals surface area contributed by atoms with Gasteiger partial charge in [0, 0.05) is 5.69 Å². The highest BCUT2D eigenvalue weighted by Crippen LogP contribution is 2.31. The highest BCUT2D eigenvalue weighted by molar-refractivity contribution is 7.80. The summed E-state index contributed by atoms with van der Waals surface area (Å²) in [7, 11) is 0. The van der Waals surface area contributed by atoms with Gasteiger partial charge in [0.25, 0.3) is 0 Å². The summed E-state index contributed by atoms with van der Waals surface area (Å²) in [5, 5.41) is 7.35. The maximum absolute atomic E-state index is 5.10. The first-order valence-electron chi connectivity index (χ1n) is 5.42. The van der Waals surface area contributed by atoms with Crippen molar-refractivity contribution in [2.45, 2.75) is 20.8 Å². The average molecular weight is 295 g/mol. The number of benzene rings is 1. The molecule has 0 aliphatic heterocycles. The smallest absolute Gasteiger partial charge is 0.105 e. The number of thiazole rings is 1. The number of thiocarbonyl (C=S) groups is 2. The van der Waals surface area contributed by atoms with E-state index >= 15 is 0 Å². The lowest BCUT2D eigenvalue weighted by atomic mass is 10.2. The highest BCUT2D eigenvalue weighted by atomic mass is 32.1. The molecular weight excluding hydrogens is 282 g/mol. The van der Waals surface area contributed by atoms with Crippen LogP contribution in [0, 0.1) is 6.92 Å². The summed E-state index contributed by atoms with van der Waals surface area (Å²) in [4.78, 5) is 5.98. The fourth-order valence-corrected chi connectivity index (χ4v) is 2.82. The largest absolute Gasteiger partial charge is 0.350 e. The topological polar surface area (TPSA) is 37.0 Å². The van der Waals surface area contributed by atoms with E-state index in [2.05, 4.69) is 21.7 Å². The van der Waals surface area contributed by atoms with Crippen LogP contribution in [0.15, 0.2) is 12.1 Å². The molecule has 2 aromatic rings. The van der Waals surface area contributed by atoms with Gasteiger partial charge < -0.3 is 10.6 Å². The van der Waals surface area contributed by atoms with Gasteiger partial charge in [0.05, 0.1) is 25.4 Å². The van der Waals surface area contributed by atoms with Crippen LogP contribution in [0.3, 0.4) is 0 Å². The highest BCUT2D eigenvalue weighted by Gasteiger charge is 2.09. The summed E-state index contributed by atoms with van der Waals surface area (Å²) in [6, 6.07) is 4.03. The van der Waals surface area contributed by atoms with Crippen LogP contribution in [-0.4, -0.2) is 15.0 Å². The first-order valence-corrected chi connectivity index (χ1v) is 7.05. The van der Waals surface area contributed by atoms with Crippen LogP contribution in [0.1, 0.15) is 18.9 Å². The molecule has 1 aromatic carbocycles. The molecule has 18 heavy (non-hydrogen) atoms. The minimum Gasteiger partial charge on any atom is -0.350 e. The Bertz CT molecular complexity index is 631. The third-order valence-electron chi connectivity index (χ3n) is 2.23. The number of aryl methyl sites for hydroxylation is 1. The van der Waals surface area contributed by atoms with Gasteiger partial charge in [0.15, 0.2) is 0 Å². The molecule has 0 radical (unpaired) electrons. The summed E-state index contributed by atoms with van der Waals surface area (Å²) in [5.74, 6) is 0. The molecule has 3 nitrogen and oxygen atoms in total. The summed E-state index contributed by atoms with van der Waals surface area (Å²) in [5.41, 5.74) is 2.83. The predicted molar refractivity (Wildman–Crippen MR) is 88.1 cm³/mol. The molecule has 0 aliphatic rings. The van der Waals surface area contributed by atoms with Gasteiger partial charge in [-0.05, 0) is 32.9 Å². The monoisotopic (exact) mass is 295 g/mol. The van der Waals surface area contributed by atoms with Gasteiger partial charge in [-0.1, -0.05) is 24.4 Å². The minimum absolute atomic E-state index is 0.721. The minimum atomic E-state index is 0.721. The molecule has 0 atom stereocenters. The van der Waals surface area contributed by atoms with Crippen LogP contribution in [-0.2, 0) is 0 Å². The second kappa shape index (κ2) is 5.26. The van der Waals surface area contributed by atoms with Crippen LogP contribution in [0.2, 0.25) is 0 Å². The fraction of sp³-hybridized carbons (Fsp3) is 0.250. The van der Waals surface area contributed by atoms with E-state index in [4.69, 9.17) is 24.4 Å². The molecule has 0 saturated carbocycles. The van der Waals surface area contributed by atoms with E-state index in [1.807, 2.05) is 26.8 Å². The first-order chi connectivity index (χ1) is 8.45. The van der Waals surface area contributed by atoms with Crippen LogP contribution >= 0.6 is 35.8 Å². The molecule has 0 fully saturated rings. The van der Waals surface area contributed by atoms with E-state index < -0.39 is 0 Å². The Hall–Kier alpha value is -1.11. The third-order valence-corrected chi connectivity index (χ3v) is 3.35. The van der Waals surface area contributed by atoms with Crippen LogP contribution in [0.5, 0.6) is 0 Å². The number of hydrogen-bond acceptors (Lipinski definition) is 4. The maximum Gasteiger partial charge on any atom is 0.105 e. The average Bonchev–Trinajstić information content (AvgIpc) is 2.56. The van der Waals surface area contributed by atoms with E-state index in [9.17, 15) is 0 Å². The van der Waals surface area contributed by atoms with Gasteiger partial charge in [-0.15, -0.1) is 11.3 Å². The van der Waals surface area contributed by atoms with E-state index in [0.717, 1.165) is 36.6 Å². The summed E-state index contributed by atoms with van der Waals surface area (Å²) in [6.45, 7) is 5.70. The van der Waals surface area contributed by atoms with Gasteiger partial charge in [0.1, 0.15) is 5.52 Å². The number of anilines is 2. The van der Waals surface area contributed by atoms with Gasteiger partial charge in [-0.25, -0.2) is 4.98 Å². The van der Waals surface area contributed by atoms with Crippen molar-refractivity contribution in [1.29, 1.82) is 0 Å². The van der Waals surface area contributed by atoms with Crippen molar-refractivity contribution >= 4 is 67.3 Å². The summed E-state index contributed by atoms with van der Waals surface area (Å²) >= 11 is 11.8. The molecule has 1 heterocycles. The Kier molecular flexibility index (Phi) is 3.89. The molecule has 0 aliphatic carbocycles. The van der Waals surface area contributed by atoms with Gasteiger partial charge in [-0.3, -0.25) is 0 Å². The van der Waals surface area contributed by atoms with Gasteiger partial charge in [-0.2, -0.15) is 0 Å². The molecule has 6 heteroatoms. The van der Waals surface area contributed by atoms with Crippen molar-refractivity contribution in [1.82, 2.24) is 4.98 Å². The molecule has 1 aromatic heterocycles. The summed E-state index contributed by atoms with van der Waals surface area (Å²) in [6.07, 6.45) is 0. The molecule has 94 valence electrons. The standard InChI is InChI=1S/C12H13N3S3/c1-6(16)13-9-4-10(14-7(2)17)12-11(5-9)18-8(3)15-12/h4-5H,1-3H3,(H,13,16)(H,14,17). The maximum atomic E-state index is 5.10. The zero-order valence-corrected chi connectivity index (χ0v) is 12.8. The molecule has 2 rings (SSSR count). The Morgan fingerprint density at radius 2 is 1.83 bits per heavy atom. The SMILES string of the molecule is CC(=S)Nc1cc(NC(C)=S)c2nc(C)sc2c1. The quantitative estimate of drug-likeness (QED) is 0.815. The van der Waals surface area contributed by atoms with E-state index in [0.29, 0.717) is 0 Å². The number of fused-ring (bicyclic) bond motifs is 1. The molecule has 0 amide bonds. The number of hydrogen-bond donors (Lipinski definition) is 2. The Balaban J connectivity index is 2.55. The fourth-order valence-electron chi connectivity index (χ4n) is 1.70. The predicted octanol–water partition coefficient (Wildman–Crippen LogP) is 4.12. The van der Waals surface area contributed by atoms with Crippen LogP contribution in [0.25, 0.3) is 10.2 Å². The van der Waals surface area contributed by atoms with E-state index in [1.54, 1.807) is 11.3 Å². The van der Waals surface area contributed by atoms with Crippen molar-refractivity contribution in [3.05, 3.63) is 17.1 Å². The normalized spacial score (nSPS) is 10.4. The lowest BCUT2D eigenvalue weighted by Gasteiger charge is -2.09. The molecule has 0 bridgehead atoms. The lowest BCUT2D eigenvalue weighted by molar-refractivity contribution is 1.35. The number of aromatic nitrogens is 1. The second-order valence-corrected chi connectivity index (χ2v) is 6.43. The van der Waals surface area contributed by atoms with Crippen molar-refractivity contribution in [3.8, 4) is 0 Å². The van der Waals surface area contributed by atoms with Crippen molar-refractivity contribution in [3.63, 3.8) is 0 Å². The molecule has 2 N–H and O–H groups in total. The Labute approximate surface area is 121 Å². The van der Waals surface area contributed by atoms with Crippen LogP contribution < -0.4 is 10.6 Å². The molecular formula is C12H13N3S3. The zero-order valence-electron chi connectivity index (χ0n) is 10.3. The molecule has 0 saturated heterocycles. The third kappa shape index (κ3) is 3.01. The van der Waals surface area contributed by atoms with Crippen molar-refractivity contribution < 1.29 is 0 Å². The lowest BCUT2D eigenvalue weighted by Crippen LogP contribution is -2.07. The van der Waals surface area contributed by atoms with Gasteiger partial charge in [0.2, 0.25) is 0 Å². The summed E-state index contributed by atoms with van der Waals surface area (Å²) < 4.78 is 1.12. The van der Waals surface area contributed by atoms with Gasteiger partial charge >= 0.3 is 0 Å². The number of nitrogens with one attached hydrogen (secondary N) is 2. The van der Waals surface area contributed by atoms with E-state index in [-0.39, 0.29) is 0 Å². The zero-order chi connectivity index (χ0) is 13.3. The second-order valence-electron chi connectivity index (χ2n) is 3.97. The van der Waals surface area contributed by atoms with Crippen LogP contribution in [0.4, 0.5) is 11.4 Å². The van der Waals surface area contributed by atoms with Crippen molar-refractivity contribution in [2.75, 3.05) is 10.6 Å².